The summed E-state index contributed by atoms with van der Waals surface area (Å²) in [7, 11) is 0. The number of amides is 1. The maximum Gasteiger partial charge on any atom is 0.240 e. The monoisotopic (exact) mass is 248 g/mol. The molecule has 1 N–H and O–H groups in total. The lowest BCUT2D eigenvalue weighted by atomic mass is 9.74. The van der Waals surface area contributed by atoms with E-state index in [9.17, 15) is 10.1 Å². The van der Waals surface area contributed by atoms with Crippen molar-refractivity contribution in [3.05, 3.63) is 11.7 Å². The molecule has 6 nitrogen and oxygen atoms in total. The van der Waals surface area contributed by atoms with Gasteiger partial charge in [-0.1, -0.05) is 24.4 Å². The van der Waals surface area contributed by atoms with Gasteiger partial charge < -0.3 is 9.84 Å². The third-order valence-corrected chi connectivity index (χ3v) is 3.33. The van der Waals surface area contributed by atoms with Crippen LogP contribution in [0.1, 0.15) is 43.8 Å². The van der Waals surface area contributed by atoms with Gasteiger partial charge in [-0.05, 0) is 12.8 Å². The van der Waals surface area contributed by atoms with Crippen LogP contribution in [0, 0.1) is 23.7 Å². The Balaban J connectivity index is 1.96. The summed E-state index contributed by atoms with van der Waals surface area (Å²) in [5.41, 5.74) is -0.864. The van der Waals surface area contributed by atoms with Crippen molar-refractivity contribution in [1.29, 1.82) is 5.26 Å². The molecular weight excluding hydrogens is 232 g/mol. The van der Waals surface area contributed by atoms with Crippen molar-refractivity contribution in [3.63, 3.8) is 0 Å². The number of hydrogen-bond acceptors (Lipinski definition) is 5. The van der Waals surface area contributed by atoms with E-state index in [4.69, 9.17) is 4.52 Å². The largest absolute Gasteiger partial charge is 0.347 e. The zero-order chi connectivity index (χ0) is 13.0. The van der Waals surface area contributed by atoms with Crippen molar-refractivity contribution in [2.45, 2.75) is 45.6 Å². The fourth-order valence-corrected chi connectivity index (χ4v) is 2.29. The topological polar surface area (TPSA) is 91.8 Å². The summed E-state index contributed by atoms with van der Waals surface area (Å²) in [5, 5.41) is 15.7. The molecule has 0 aromatic carbocycles. The first-order valence-electron chi connectivity index (χ1n) is 6.15. The van der Waals surface area contributed by atoms with Crippen LogP contribution in [-0.4, -0.2) is 16.0 Å². The third-order valence-electron chi connectivity index (χ3n) is 3.33. The second-order valence-electron chi connectivity index (χ2n) is 4.67. The van der Waals surface area contributed by atoms with Crippen molar-refractivity contribution >= 4 is 5.91 Å². The molecule has 1 aromatic heterocycles. The first-order chi connectivity index (χ1) is 8.66. The van der Waals surface area contributed by atoms with Gasteiger partial charge in [-0.3, -0.25) is 4.79 Å². The minimum Gasteiger partial charge on any atom is -0.347 e. The molecule has 0 aliphatic heterocycles. The molecule has 1 aliphatic rings. The van der Waals surface area contributed by atoms with Gasteiger partial charge >= 0.3 is 0 Å². The fourth-order valence-electron chi connectivity index (χ4n) is 2.29. The molecular formula is C12H16N4O2. The van der Waals surface area contributed by atoms with Gasteiger partial charge in [-0.25, -0.2) is 0 Å². The van der Waals surface area contributed by atoms with E-state index in [0.29, 0.717) is 24.6 Å². The maximum atomic E-state index is 12.1. The molecule has 1 amide bonds. The second-order valence-corrected chi connectivity index (χ2v) is 4.67. The van der Waals surface area contributed by atoms with Crippen LogP contribution < -0.4 is 5.32 Å². The highest BCUT2D eigenvalue weighted by atomic mass is 16.5. The lowest BCUT2D eigenvalue weighted by molar-refractivity contribution is -0.129. The van der Waals surface area contributed by atoms with E-state index in [1.165, 1.54) is 0 Å². The number of aromatic nitrogens is 2. The van der Waals surface area contributed by atoms with Crippen LogP contribution >= 0.6 is 0 Å². The molecule has 1 saturated carbocycles. The summed E-state index contributed by atoms with van der Waals surface area (Å²) in [5.74, 6) is 0.684. The molecule has 2 rings (SSSR count). The fraction of sp³-hybridized carbons (Fsp3) is 0.667. The number of carbonyl (C=O) groups excluding carboxylic acids is 1. The quantitative estimate of drug-likeness (QED) is 0.874. The highest BCUT2D eigenvalue weighted by Crippen LogP contribution is 2.35. The molecule has 0 unspecified atom stereocenters. The summed E-state index contributed by atoms with van der Waals surface area (Å²) >= 11 is 0. The molecule has 0 saturated heterocycles. The van der Waals surface area contributed by atoms with E-state index < -0.39 is 5.41 Å². The predicted octanol–water partition coefficient (Wildman–Crippen LogP) is 1.47. The number of aryl methyl sites for hydroxylation is 1. The van der Waals surface area contributed by atoms with E-state index in [2.05, 4.69) is 21.5 Å². The number of nitriles is 1. The number of nitrogens with one attached hydrogen (secondary N) is 1. The summed E-state index contributed by atoms with van der Waals surface area (Å²) in [6, 6.07) is 2.18. The normalized spacial score (nSPS) is 18.0. The van der Waals surface area contributed by atoms with E-state index in [1.807, 2.05) is 0 Å². The minimum atomic E-state index is -0.864. The molecule has 18 heavy (non-hydrogen) atoms. The average Bonchev–Trinajstić information content (AvgIpc) is 2.82. The van der Waals surface area contributed by atoms with Crippen LogP contribution in [0.15, 0.2) is 4.52 Å². The van der Waals surface area contributed by atoms with E-state index in [1.54, 1.807) is 6.92 Å². The highest BCUT2D eigenvalue weighted by Gasteiger charge is 2.39. The Morgan fingerprint density at radius 2 is 2.22 bits per heavy atom. The molecule has 0 atom stereocenters. The number of hydrogen-bond donors (Lipinski definition) is 1. The SMILES string of the molecule is Cc1nc(CNC(=O)C2(C#N)CCCCC2)no1. The van der Waals surface area contributed by atoms with Gasteiger partial charge in [0.1, 0.15) is 5.41 Å². The zero-order valence-electron chi connectivity index (χ0n) is 10.4. The molecule has 0 spiro atoms. The lowest BCUT2D eigenvalue weighted by Gasteiger charge is -2.28. The smallest absolute Gasteiger partial charge is 0.240 e. The van der Waals surface area contributed by atoms with Crippen molar-refractivity contribution in [3.8, 4) is 6.07 Å². The summed E-state index contributed by atoms with van der Waals surface area (Å²) in [6.45, 7) is 1.90. The Morgan fingerprint density at radius 1 is 1.50 bits per heavy atom. The van der Waals surface area contributed by atoms with Gasteiger partial charge in [-0.2, -0.15) is 10.2 Å². The van der Waals surface area contributed by atoms with Crippen LogP contribution in [0.4, 0.5) is 0 Å². The van der Waals surface area contributed by atoms with Crippen LogP contribution in [0.25, 0.3) is 0 Å². The number of nitrogens with zero attached hydrogens (tertiary/aromatic N) is 3. The number of rotatable bonds is 3. The van der Waals surface area contributed by atoms with Gasteiger partial charge in [0, 0.05) is 6.92 Å². The molecule has 0 radical (unpaired) electrons. The van der Waals surface area contributed by atoms with E-state index >= 15 is 0 Å². The second kappa shape index (κ2) is 5.17. The molecule has 6 heteroatoms. The van der Waals surface area contributed by atoms with Gasteiger partial charge in [0.15, 0.2) is 5.82 Å². The zero-order valence-corrected chi connectivity index (χ0v) is 10.4. The van der Waals surface area contributed by atoms with Gasteiger partial charge in [0.25, 0.3) is 0 Å². The van der Waals surface area contributed by atoms with E-state index in [-0.39, 0.29) is 12.5 Å². The van der Waals surface area contributed by atoms with E-state index in [0.717, 1.165) is 19.3 Å². The lowest BCUT2D eigenvalue weighted by Crippen LogP contribution is -2.41. The molecule has 1 fully saturated rings. The highest BCUT2D eigenvalue weighted by molar-refractivity contribution is 5.85. The Bertz CT molecular complexity index is 469. The van der Waals surface area contributed by atoms with Crippen molar-refractivity contribution in [2.24, 2.45) is 5.41 Å². The van der Waals surface area contributed by atoms with Gasteiger partial charge in [0.2, 0.25) is 11.8 Å². The minimum absolute atomic E-state index is 0.208. The number of carbonyl (C=O) groups is 1. The van der Waals surface area contributed by atoms with Crippen molar-refractivity contribution in [1.82, 2.24) is 15.5 Å². The van der Waals surface area contributed by atoms with Crippen molar-refractivity contribution < 1.29 is 9.32 Å². The first kappa shape index (κ1) is 12.6. The molecule has 1 heterocycles. The van der Waals surface area contributed by atoms with Gasteiger partial charge in [0.05, 0.1) is 12.6 Å². The summed E-state index contributed by atoms with van der Waals surface area (Å²) in [4.78, 5) is 16.1. The van der Waals surface area contributed by atoms with Gasteiger partial charge in [-0.15, -0.1) is 0 Å². The Hall–Kier alpha value is -1.90. The molecule has 1 aliphatic carbocycles. The third kappa shape index (κ3) is 2.50. The van der Waals surface area contributed by atoms with Crippen LogP contribution in [-0.2, 0) is 11.3 Å². The Kier molecular flexibility index (Phi) is 3.60. The maximum absolute atomic E-state index is 12.1. The van der Waals surface area contributed by atoms with Crippen LogP contribution in [0.5, 0.6) is 0 Å². The Morgan fingerprint density at radius 3 is 2.78 bits per heavy atom. The van der Waals surface area contributed by atoms with Crippen LogP contribution in [0.2, 0.25) is 0 Å². The predicted molar refractivity (Wildman–Crippen MR) is 62.0 cm³/mol. The molecule has 1 aromatic rings. The first-order valence-corrected chi connectivity index (χ1v) is 6.15. The average molecular weight is 248 g/mol. The van der Waals surface area contributed by atoms with Crippen molar-refractivity contribution in [2.75, 3.05) is 0 Å². The standard InChI is InChI=1S/C12H16N4O2/c1-9-15-10(16-18-9)7-14-11(17)12(8-13)5-3-2-4-6-12/h2-7H2,1H3,(H,14,17). The summed E-state index contributed by atoms with van der Waals surface area (Å²) in [6.07, 6.45) is 4.24. The Labute approximate surface area is 105 Å². The molecule has 96 valence electrons. The van der Waals surface area contributed by atoms with Crippen LogP contribution in [0.3, 0.4) is 0 Å². The summed E-state index contributed by atoms with van der Waals surface area (Å²) < 4.78 is 4.82. The molecule has 0 bridgehead atoms.